The topological polar surface area (TPSA) is 210 Å². The fourth-order valence-electron chi connectivity index (χ4n) is 3.33. The van der Waals surface area contributed by atoms with Crippen LogP contribution in [0.15, 0.2) is 64.4 Å². The van der Waals surface area contributed by atoms with E-state index < -0.39 is 97.1 Å². The van der Waals surface area contributed by atoms with Gasteiger partial charge in [-0.25, -0.2) is 16.8 Å². The quantitative estimate of drug-likeness (QED) is 0.165. The monoisotopic (exact) mass is 674 g/mol. The molecule has 14 nitrogen and oxygen atoms in total. The summed E-state index contributed by atoms with van der Waals surface area (Å²) >= 11 is 0. The number of aliphatic carboxylic acids is 1. The summed E-state index contributed by atoms with van der Waals surface area (Å²) in [5.74, 6) is -4.22. The van der Waals surface area contributed by atoms with Crippen molar-refractivity contribution in [3.63, 3.8) is 0 Å². The number of carbonyl (C=O) groups is 1. The van der Waals surface area contributed by atoms with Crippen molar-refractivity contribution in [3.8, 4) is 23.0 Å². The predicted molar refractivity (Wildman–Crippen MR) is 131 cm³/mol. The molecule has 0 saturated heterocycles. The lowest BCUT2D eigenvalue weighted by molar-refractivity contribution is -0.385. The summed E-state index contributed by atoms with van der Waals surface area (Å²) in [6.07, 6.45) is -0.802. The summed E-state index contributed by atoms with van der Waals surface area (Å²) < 4.78 is 135. The van der Waals surface area contributed by atoms with E-state index in [1.807, 2.05) is 0 Å². The Morgan fingerprint density at radius 2 is 1.07 bits per heavy atom. The molecule has 3 rings (SSSR count). The Labute approximate surface area is 240 Å². The molecule has 0 saturated carbocycles. The van der Waals surface area contributed by atoms with E-state index >= 15 is 0 Å². The highest BCUT2D eigenvalue weighted by molar-refractivity contribution is 7.92. The second kappa shape index (κ2) is 11.6. The standard InChI is InChI=1S/C22H12F6N2O12S2/c23-21(24,25)43(37,38)14-1-3-18(16(9-14)29(33)34)41-12-5-11(7-20(31)32)6-13(8-12)42-19-4-2-15(10-17(19)30(35)36)44(39,40)22(26,27)28/h1-6,8-10H,7H2,(H,31,32). The Morgan fingerprint density at radius 1 is 0.705 bits per heavy atom. The molecule has 0 atom stereocenters. The number of hydrogen-bond donors (Lipinski definition) is 1. The fourth-order valence-corrected chi connectivity index (χ4v) is 4.90. The molecule has 44 heavy (non-hydrogen) atoms. The number of halogens is 6. The highest BCUT2D eigenvalue weighted by Gasteiger charge is 2.48. The molecule has 22 heteroatoms. The Bertz CT molecular complexity index is 1770. The number of hydrogen-bond acceptors (Lipinski definition) is 11. The second-order valence-electron chi connectivity index (χ2n) is 8.26. The van der Waals surface area contributed by atoms with E-state index in [0.717, 1.165) is 18.2 Å². The first-order valence-electron chi connectivity index (χ1n) is 11.0. The van der Waals surface area contributed by atoms with Crippen molar-refractivity contribution in [2.75, 3.05) is 0 Å². The van der Waals surface area contributed by atoms with Crippen molar-refractivity contribution >= 4 is 37.0 Å². The summed E-state index contributed by atoms with van der Waals surface area (Å²) in [7, 11) is -12.0. The van der Waals surface area contributed by atoms with Crippen LogP contribution >= 0.6 is 0 Å². The van der Waals surface area contributed by atoms with Crippen LogP contribution in [-0.2, 0) is 30.9 Å². The van der Waals surface area contributed by atoms with Gasteiger partial charge in [0, 0.05) is 18.2 Å². The lowest BCUT2D eigenvalue weighted by atomic mass is 10.1. The number of sulfone groups is 2. The normalized spacial score (nSPS) is 12.4. The smallest absolute Gasteiger partial charge is 0.481 e. The van der Waals surface area contributed by atoms with Crippen LogP contribution < -0.4 is 9.47 Å². The second-order valence-corrected chi connectivity index (χ2v) is 12.1. The van der Waals surface area contributed by atoms with Crippen LogP contribution in [-0.4, -0.2) is 48.8 Å². The molecule has 0 spiro atoms. The van der Waals surface area contributed by atoms with Gasteiger partial charge in [-0.1, -0.05) is 0 Å². The third-order valence-electron chi connectivity index (χ3n) is 5.24. The van der Waals surface area contributed by atoms with Gasteiger partial charge < -0.3 is 14.6 Å². The van der Waals surface area contributed by atoms with E-state index in [2.05, 4.69) is 0 Å². The van der Waals surface area contributed by atoms with E-state index in [-0.39, 0.29) is 17.7 Å². The molecule has 3 aromatic rings. The van der Waals surface area contributed by atoms with Gasteiger partial charge in [0.15, 0.2) is 0 Å². The van der Waals surface area contributed by atoms with Crippen LogP contribution in [0.25, 0.3) is 0 Å². The van der Waals surface area contributed by atoms with Crippen LogP contribution in [0.1, 0.15) is 5.56 Å². The maximum absolute atomic E-state index is 12.9. The molecule has 236 valence electrons. The van der Waals surface area contributed by atoms with Crippen molar-refractivity contribution in [1.82, 2.24) is 0 Å². The van der Waals surface area contributed by atoms with E-state index in [0.29, 0.717) is 24.3 Å². The van der Waals surface area contributed by atoms with Gasteiger partial charge in [-0.3, -0.25) is 25.0 Å². The van der Waals surface area contributed by atoms with Crippen molar-refractivity contribution < 1.29 is 72.4 Å². The van der Waals surface area contributed by atoms with Gasteiger partial charge in [-0.15, -0.1) is 0 Å². The third-order valence-corrected chi connectivity index (χ3v) is 8.20. The highest BCUT2D eigenvalue weighted by atomic mass is 32.2. The van der Waals surface area contributed by atoms with Crippen molar-refractivity contribution in [2.45, 2.75) is 27.2 Å². The largest absolute Gasteiger partial charge is 0.501 e. The maximum Gasteiger partial charge on any atom is 0.501 e. The van der Waals surface area contributed by atoms with E-state index in [1.165, 1.54) is 0 Å². The maximum atomic E-state index is 12.9. The molecular formula is C22H12F6N2O12S2. The van der Waals surface area contributed by atoms with Gasteiger partial charge in [0.1, 0.15) is 11.5 Å². The van der Waals surface area contributed by atoms with Gasteiger partial charge in [-0.2, -0.15) is 26.3 Å². The van der Waals surface area contributed by atoms with Crippen LogP contribution in [0.5, 0.6) is 23.0 Å². The first-order valence-corrected chi connectivity index (χ1v) is 13.9. The lowest BCUT2D eigenvalue weighted by Gasteiger charge is -2.13. The SMILES string of the molecule is O=C(O)Cc1cc(Oc2ccc(S(=O)(=O)C(F)(F)F)cc2[N+](=O)[O-])cc(Oc2ccc(S(=O)(=O)C(F)(F)F)cc2[N+](=O)[O-])c1. The van der Waals surface area contributed by atoms with E-state index in [4.69, 9.17) is 14.6 Å². The van der Waals surface area contributed by atoms with Gasteiger partial charge >= 0.3 is 28.4 Å². The molecule has 0 amide bonds. The summed E-state index contributed by atoms with van der Waals surface area (Å²) in [4.78, 5) is 28.7. The number of rotatable bonds is 10. The zero-order chi connectivity index (χ0) is 33.4. The fraction of sp³-hybridized carbons (Fsp3) is 0.136. The minimum Gasteiger partial charge on any atom is -0.481 e. The van der Waals surface area contributed by atoms with Gasteiger partial charge in [0.25, 0.3) is 19.7 Å². The molecule has 0 fully saturated rings. The number of carboxylic acid groups (broad SMARTS) is 1. The minimum absolute atomic E-state index is 0.0522. The van der Waals surface area contributed by atoms with Gasteiger partial charge in [-0.05, 0) is 42.0 Å². The Hall–Kier alpha value is -4.99. The average molecular weight is 674 g/mol. The zero-order valence-corrected chi connectivity index (χ0v) is 22.5. The first-order chi connectivity index (χ1) is 20.0. The molecule has 0 aliphatic carbocycles. The summed E-state index contributed by atoms with van der Waals surface area (Å²) in [6, 6.07) is 4.47. The average Bonchev–Trinajstić information content (AvgIpc) is 2.86. The lowest BCUT2D eigenvalue weighted by Crippen LogP contribution is -2.23. The number of benzene rings is 3. The summed E-state index contributed by atoms with van der Waals surface area (Å²) in [6.45, 7) is 0. The number of nitrogens with zero attached hydrogens (tertiary/aromatic N) is 2. The van der Waals surface area contributed by atoms with Gasteiger partial charge in [0.05, 0.1) is 26.1 Å². The molecule has 0 heterocycles. The van der Waals surface area contributed by atoms with Crippen LogP contribution in [0.4, 0.5) is 37.7 Å². The molecule has 3 aromatic carbocycles. The van der Waals surface area contributed by atoms with Crippen LogP contribution in [0.3, 0.4) is 0 Å². The Kier molecular flexibility index (Phi) is 8.83. The summed E-state index contributed by atoms with van der Waals surface area (Å²) in [5, 5.41) is 32.1. The van der Waals surface area contributed by atoms with Crippen molar-refractivity contribution in [2.24, 2.45) is 0 Å². The number of nitro groups is 2. The van der Waals surface area contributed by atoms with Crippen LogP contribution in [0, 0.1) is 20.2 Å². The molecule has 0 radical (unpaired) electrons. The van der Waals surface area contributed by atoms with E-state index in [9.17, 15) is 68.2 Å². The zero-order valence-electron chi connectivity index (χ0n) is 20.8. The number of ether oxygens (including phenoxy) is 2. The first kappa shape index (κ1) is 33.5. The molecular weight excluding hydrogens is 662 g/mol. The highest BCUT2D eigenvalue weighted by Crippen LogP contribution is 2.41. The Morgan fingerprint density at radius 3 is 1.36 bits per heavy atom. The van der Waals surface area contributed by atoms with Crippen molar-refractivity contribution in [1.29, 1.82) is 0 Å². The molecule has 0 aromatic heterocycles. The number of alkyl halides is 6. The van der Waals surface area contributed by atoms with Crippen LogP contribution in [0.2, 0.25) is 0 Å². The molecule has 0 unspecified atom stereocenters. The Balaban J connectivity index is 2.11. The van der Waals surface area contributed by atoms with E-state index in [1.54, 1.807) is 0 Å². The van der Waals surface area contributed by atoms with Gasteiger partial charge in [0.2, 0.25) is 11.5 Å². The number of carboxylic acids is 1. The van der Waals surface area contributed by atoms with Crippen molar-refractivity contribution in [3.05, 3.63) is 80.4 Å². The molecule has 0 bridgehead atoms. The predicted octanol–water partition coefficient (Wildman–Crippen LogP) is 5.30. The molecule has 1 N–H and O–H groups in total. The molecule has 0 aliphatic heterocycles. The summed E-state index contributed by atoms with van der Waals surface area (Å²) in [5.41, 5.74) is -14.4. The molecule has 0 aliphatic rings. The number of nitro benzene ring substituents is 2. The third kappa shape index (κ3) is 6.96. The minimum atomic E-state index is -6.02.